The highest BCUT2D eigenvalue weighted by atomic mass is 32.1. The smallest absolute Gasteiger partial charge is 0.160 e. The highest BCUT2D eigenvalue weighted by molar-refractivity contribution is 7.13. The van der Waals surface area contributed by atoms with Crippen LogP contribution < -0.4 is 5.32 Å². The van der Waals surface area contributed by atoms with E-state index in [1.165, 1.54) is 11.3 Å². The van der Waals surface area contributed by atoms with Gasteiger partial charge in [-0.05, 0) is 38.6 Å². The van der Waals surface area contributed by atoms with Crippen LogP contribution in [0.25, 0.3) is 0 Å². The summed E-state index contributed by atoms with van der Waals surface area (Å²) in [4.78, 5) is 11.8. The summed E-state index contributed by atoms with van der Waals surface area (Å²) in [7, 11) is 1.79. The Morgan fingerprint density at radius 2 is 2.25 bits per heavy atom. The second kappa shape index (κ2) is 6.10. The summed E-state index contributed by atoms with van der Waals surface area (Å²) < 4.78 is 0. The molecule has 0 aliphatic rings. The van der Waals surface area contributed by atoms with Gasteiger partial charge >= 0.3 is 0 Å². The Balaban J connectivity index is 2.74. The summed E-state index contributed by atoms with van der Waals surface area (Å²) in [6, 6.07) is 1.72. The largest absolute Gasteiger partial charge is 0.390 e. The summed E-state index contributed by atoms with van der Waals surface area (Å²) >= 11 is 1.23. The van der Waals surface area contributed by atoms with Crippen molar-refractivity contribution in [3.8, 4) is 0 Å². The fraction of sp³-hybridized carbons (Fsp3) is 0.545. The molecule has 0 aliphatic heterocycles. The van der Waals surface area contributed by atoms with Gasteiger partial charge in [0, 0.05) is 4.88 Å². The molecule has 4 nitrogen and oxygen atoms in total. The number of carbonyl (C=O) groups excluding carboxylic acids is 1. The molecule has 1 heterocycles. The predicted molar refractivity (Wildman–Crippen MR) is 64.0 cm³/mol. The van der Waals surface area contributed by atoms with Crippen LogP contribution in [0.15, 0.2) is 6.07 Å². The van der Waals surface area contributed by atoms with E-state index in [4.69, 9.17) is 0 Å². The van der Waals surface area contributed by atoms with E-state index < -0.39 is 12.2 Å². The van der Waals surface area contributed by atoms with Gasteiger partial charge < -0.3 is 15.5 Å². The molecule has 0 amide bonds. The molecular formula is C11H17NO3S. The molecule has 0 saturated heterocycles. The summed E-state index contributed by atoms with van der Waals surface area (Å²) in [6.07, 6.45) is -0.476. The van der Waals surface area contributed by atoms with Crippen molar-refractivity contribution in [1.82, 2.24) is 5.32 Å². The Kier molecular flexibility index (Phi) is 5.08. The first-order valence-electron chi connectivity index (χ1n) is 5.16. The van der Waals surface area contributed by atoms with Crippen molar-refractivity contribution in [2.75, 3.05) is 13.6 Å². The zero-order chi connectivity index (χ0) is 12.1. The molecular weight excluding hydrogens is 226 g/mol. The second-order valence-corrected chi connectivity index (χ2v) is 4.83. The van der Waals surface area contributed by atoms with E-state index in [-0.39, 0.29) is 0 Å². The van der Waals surface area contributed by atoms with E-state index in [1.54, 1.807) is 13.1 Å². The first kappa shape index (κ1) is 13.3. The van der Waals surface area contributed by atoms with Gasteiger partial charge in [0.2, 0.25) is 0 Å². The Morgan fingerprint density at radius 1 is 1.56 bits per heavy atom. The Bertz CT molecular complexity index is 351. The Labute approximate surface area is 98.9 Å². The molecule has 0 aliphatic carbocycles. The Hall–Kier alpha value is -0.750. The van der Waals surface area contributed by atoms with Crippen molar-refractivity contribution in [2.24, 2.45) is 0 Å². The molecule has 0 fully saturated rings. The summed E-state index contributed by atoms with van der Waals surface area (Å²) in [5, 5.41) is 22.6. The number of hydrogen-bond acceptors (Lipinski definition) is 5. The maximum atomic E-state index is 10.6. The molecule has 90 valence electrons. The minimum atomic E-state index is -0.910. The minimum absolute atomic E-state index is 0.478. The topological polar surface area (TPSA) is 69.6 Å². The van der Waals surface area contributed by atoms with E-state index in [1.807, 2.05) is 6.92 Å². The number of thiophene rings is 1. The molecule has 2 unspecified atom stereocenters. The Morgan fingerprint density at radius 3 is 2.75 bits per heavy atom. The van der Waals surface area contributed by atoms with Gasteiger partial charge in [0.1, 0.15) is 6.10 Å². The lowest BCUT2D eigenvalue weighted by atomic mass is 10.1. The predicted octanol–water partition coefficient (Wildman–Crippen LogP) is 0.873. The van der Waals surface area contributed by atoms with Crippen molar-refractivity contribution in [1.29, 1.82) is 0 Å². The first-order valence-corrected chi connectivity index (χ1v) is 5.98. The van der Waals surface area contributed by atoms with E-state index in [9.17, 15) is 15.0 Å². The van der Waals surface area contributed by atoms with Crippen molar-refractivity contribution >= 4 is 17.6 Å². The van der Waals surface area contributed by atoms with Crippen LogP contribution in [-0.2, 0) is 0 Å². The molecule has 16 heavy (non-hydrogen) atoms. The quantitative estimate of drug-likeness (QED) is 0.649. The molecule has 0 radical (unpaired) electrons. The van der Waals surface area contributed by atoms with E-state index >= 15 is 0 Å². The van der Waals surface area contributed by atoms with Crippen molar-refractivity contribution in [3.05, 3.63) is 21.4 Å². The monoisotopic (exact) mass is 243 g/mol. The van der Waals surface area contributed by atoms with Gasteiger partial charge in [-0.3, -0.25) is 4.79 Å². The molecule has 0 aromatic carbocycles. The number of aldehydes is 1. The van der Waals surface area contributed by atoms with Gasteiger partial charge in [-0.25, -0.2) is 0 Å². The van der Waals surface area contributed by atoms with E-state index in [2.05, 4.69) is 5.32 Å². The third-order valence-electron chi connectivity index (χ3n) is 2.41. The van der Waals surface area contributed by atoms with E-state index in [0.717, 1.165) is 11.8 Å². The van der Waals surface area contributed by atoms with Crippen LogP contribution in [0.4, 0.5) is 0 Å². The molecule has 3 N–H and O–H groups in total. The van der Waals surface area contributed by atoms with Gasteiger partial charge in [0.15, 0.2) is 6.29 Å². The van der Waals surface area contributed by atoms with Crippen LogP contribution in [0.1, 0.15) is 32.6 Å². The standard InChI is InChI=1S/C11H17NO3S/c1-7-5-8(6-13)16-11(7)10(15)9(14)3-4-12-2/h5-6,9-10,12,14-15H,3-4H2,1-2H3. The van der Waals surface area contributed by atoms with Crippen LogP contribution in [-0.4, -0.2) is 36.2 Å². The van der Waals surface area contributed by atoms with Crippen LogP contribution in [0.3, 0.4) is 0 Å². The van der Waals surface area contributed by atoms with Crippen molar-refractivity contribution < 1.29 is 15.0 Å². The third-order valence-corrected chi connectivity index (χ3v) is 3.65. The molecule has 1 aromatic heterocycles. The third kappa shape index (κ3) is 3.12. The van der Waals surface area contributed by atoms with E-state index in [0.29, 0.717) is 22.7 Å². The zero-order valence-electron chi connectivity index (χ0n) is 9.43. The number of aliphatic hydroxyl groups is 2. The normalized spacial score (nSPS) is 14.8. The molecule has 1 rings (SSSR count). The number of carbonyl (C=O) groups is 1. The average molecular weight is 243 g/mol. The van der Waals surface area contributed by atoms with Crippen LogP contribution in [0.5, 0.6) is 0 Å². The van der Waals surface area contributed by atoms with Gasteiger partial charge in [0.05, 0.1) is 11.0 Å². The minimum Gasteiger partial charge on any atom is -0.390 e. The van der Waals surface area contributed by atoms with Gasteiger partial charge in [-0.15, -0.1) is 11.3 Å². The maximum Gasteiger partial charge on any atom is 0.160 e. The summed E-state index contributed by atoms with van der Waals surface area (Å²) in [6.45, 7) is 2.47. The van der Waals surface area contributed by atoms with Gasteiger partial charge in [-0.1, -0.05) is 0 Å². The molecule has 0 saturated carbocycles. The first-order chi connectivity index (χ1) is 7.60. The number of aliphatic hydroxyl groups excluding tert-OH is 2. The van der Waals surface area contributed by atoms with Crippen LogP contribution in [0, 0.1) is 6.92 Å². The second-order valence-electron chi connectivity index (χ2n) is 3.72. The van der Waals surface area contributed by atoms with Crippen molar-refractivity contribution in [3.63, 3.8) is 0 Å². The summed E-state index contributed by atoms with van der Waals surface area (Å²) in [5.74, 6) is 0. The molecule has 5 heteroatoms. The van der Waals surface area contributed by atoms with Crippen molar-refractivity contribution in [2.45, 2.75) is 25.6 Å². The zero-order valence-corrected chi connectivity index (χ0v) is 10.3. The lowest BCUT2D eigenvalue weighted by Gasteiger charge is -2.17. The van der Waals surface area contributed by atoms with Gasteiger partial charge in [-0.2, -0.15) is 0 Å². The molecule has 0 bridgehead atoms. The number of hydrogen-bond donors (Lipinski definition) is 3. The maximum absolute atomic E-state index is 10.6. The van der Waals surface area contributed by atoms with Gasteiger partial charge in [0.25, 0.3) is 0 Å². The SMILES string of the molecule is CNCCC(O)C(O)c1sc(C=O)cc1C. The number of nitrogens with one attached hydrogen (secondary N) is 1. The molecule has 1 aromatic rings. The van der Waals surface area contributed by atoms with Crippen LogP contribution >= 0.6 is 11.3 Å². The molecule has 2 atom stereocenters. The highest BCUT2D eigenvalue weighted by Gasteiger charge is 2.21. The fourth-order valence-corrected chi connectivity index (χ4v) is 2.53. The molecule has 0 spiro atoms. The van der Waals surface area contributed by atoms with Crippen LogP contribution in [0.2, 0.25) is 0 Å². The lowest BCUT2D eigenvalue weighted by Crippen LogP contribution is -2.23. The average Bonchev–Trinajstić information content (AvgIpc) is 2.66. The number of rotatable bonds is 6. The highest BCUT2D eigenvalue weighted by Crippen LogP contribution is 2.29. The fourth-order valence-electron chi connectivity index (χ4n) is 1.50. The summed E-state index contributed by atoms with van der Waals surface area (Å²) in [5.41, 5.74) is 0.850. The lowest BCUT2D eigenvalue weighted by molar-refractivity contribution is 0.0158. The number of aryl methyl sites for hydroxylation is 1.